The quantitative estimate of drug-likeness (QED) is 0.784. The van der Waals surface area contributed by atoms with E-state index in [0.29, 0.717) is 0 Å². The first kappa shape index (κ1) is 13.7. The molecule has 7 heteroatoms. The van der Waals surface area contributed by atoms with Crippen LogP contribution >= 0.6 is 11.3 Å². The second-order valence-corrected chi connectivity index (χ2v) is 5.88. The second kappa shape index (κ2) is 6.01. The van der Waals surface area contributed by atoms with Crippen molar-refractivity contribution < 1.29 is 0 Å². The number of anilines is 1. The zero-order valence-corrected chi connectivity index (χ0v) is 12.8. The molecule has 6 nitrogen and oxygen atoms in total. The summed E-state index contributed by atoms with van der Waals surface area (Å²) in [5.41, 5.74) is 3.18. The van der Waals surface area contributed by atoms with Gasteiger partial charge < -0.3 is 5.32 Å². The molecule has 2 heterocycles. The van der Waals surface area contributed by atoms with Crippen LogP contribution in [0.5, 0.6) is 0 Å². The first-order valence-corrected chi connectivity index (χ1v) is 7.59. The predicted octanol–water partition coefficient (Wildman–Crippen LogP) is 2.60. The summed E-state index contributed by atoms with van der Waals surface area (Å²) >= 11 is 1.75. The van der Waals surface area contributed by atoms with Gasteiger partial charge in [-0.05, 0) is 47.5 Å². The van der Waals surface area contributed by atoms with Crippen molar-refractivity contribution in [2.24, 2.45) is 0 Å². The van der Waals surface area contributed by atoms with Gasteiger partial charge in [0.25, 0.3) is 0 Å². The molecule has 3 rings (SSSR count). The monoisotopic (exact) mass is 300 g/mol. The molecule has 0 bridgehead atoms. The summed E-state index contributed by atoms with van der Waals surface area (Å²) in [4.78, 5) is 5.61. The van der Waals surface area contributed by atoms with Crippen molar-refractivity contribution in [3.05, 3.63) is 46.2 Å². The molecule has 2 aromatic heterocycles. The fourth-order valence-corrected chi connectivity index (χ4v) is 2.88. The summed E-state index contributed by atoms with van der Waals surface area (Å²) in [6.45, 7) is 4.96. The van der Waals surface area contributed by atoms with Crippen LogP contribution in [0.1, 0.15) is 22.4 Å². The molecule has 1 aromatic carbocycles. The Kier molecular flexibility index (Phi) is 3.92. The third-order valence-electron chi connectivity index (χ3n) is 3.16. The van der Waals surface area contributed by atoms with Crippen LogP contribution in [-0.4, -0.2) is 25.2 Å². The number of thiazole rings is 1. The maximum absolute atomic E-state index is 4.37. The number of nitrogens with one attached hydrogen (secondary N) is 1. The Morgan fingerprint density at radius 2 is 2.24 bits per heavy atom. The summed E-state index contributed by atoms with van der Waals surface area (Å²) in [6, 6.07) is 6.14. The number of tetrazole rings is 1. The van der Waals surface area contributed by atoms with Crippen LogP contribution in [0, 0.1) is 6.92 Å². The van der Waals surface area contributed by atoms with E-state index in [4.69, 9.17) is 0 Å². The number of aromatic nitrogens is 5. The average molecular weight is 300 g/mol. The van der Waals surface area contributed by atoms with Crippen molar-refractivity contribution in [2.45, 2.75) is 26.8 Å². The maximum atomic E-state index is 4.37. The minimum Gasteiger partial charge on any atom is -0.380 e. The zero-order chi connectivity index (χ0) is 14.7. The normalized spacial score (nSPS) is 10.8. The molecule has 3 aromatic rings. The molecule has 0 atom stereocenters. The highest BCUT2D eigenvalue weighted by Gasteiger charge is 2.05. The molecule has 0 fully saturated rings. The van der Waals surface area contributed by atoms with Gasteiger partial charge in [-0.3, -0.25) is 0 Å². The van der Waals surface area contributed by atoms with E-state index in [0.717, 1.165) is 29.9 Å². The fourth-order valence-electron chi connectivity index (χ4n) is 2.08. The second-order valence-electron chi connectivity index (χ2n) is 4.68. The van der Waals surface area contributed by atoms with E-state index in [9.17, 15) is 0 Å². The van der Waals surface area contributed by atoms with Crippen LogP contribution in [0.2, 0.25) is 0 Å². The molecule has 0 aliphatic heterocycles. The van der Waals surface area contributed by atoms with E-state index in [2.05, 4.69) is 38.8 Å². The van der Waals surface area contributed by atoms with Gasteiger partial charge in [0.2, 0.25) is 0 Å². The molecule has 21 heavy (non-hydrogen) atoms. The van der Waals surface area contributed by atoms with Crippen LogP contribution in [0.25, 0.3) is 5.69 Å². The highest BCUT2D eigenvalue weighted by Crippen LogP contribution is 2.20. The van der Waals surface area contributed by atoms with Gasteiger partial charge in [0.05, 0.1) is 17.2 Å². The van der Waals surface area contributed by atoms with Crippen molar-refractivity contribution in [2.75, 3.05) is 5.32 Å². The number of hydrogen-bond acceptors (Lipinski definition) is 6. The number of benzene rings is 1. The Bertz CT molecular complexity index is 719. The van der Waals surface area contributed by atoms with E-state index in [1.165, 1.54) is 9.88 Å². The summed E-state index contributed by atoms with van der Waals surface area (Å²) in [7, 11) is 0. The SMILES string of the molecule is CCc1ncc(CNc2ccc(-n3cnnn3)c(C)c2)s1. The van der Waals surface area contributed by atoms with Gasteiger partial charge in [-0.25, -0.2) is 9.67 Å². The molecule has 0 saturated carbocycles. The number of nitrogens with zero attached hydrogens (tertiary/aromatic N) is 5. The van der Waals surface area contributed by atoms with Crippen LogP contribution in [-0.2, 0) is 13.0 Å². The van der Waals surface area contributed by atoms with Crippen LogP contribution in [0.3, 0.4) is 0 Å². The molecule has 0 aliphatic carbocycles. The molecule has 0 aliphatic rings. The maximum Gasteiger partial charge on any atom is 0.143 e. The third kappa shape index (κ3) is 3.08. The van der Waals surface area contributed by atoms with E-state index in [1.807, 2.05) is 25.3 Å². The average Bonchev–Trinajstić information content (AvgIpc) is 3.16. The minimum atomic E-state index is 0.793. The van der Waals surface area contributed by atoms with Gasteiger partial charge in [0.1, 0.15) is 6.33 Å². The van der Waals surface area contributed by atoms with E-state index in [1.54, 1.807) is 22.3 Å². The molecule has 0 amide bonds. The third-order valence-corrected chi connectivity index (χ3v) is 4.30. The standard InChI is InChI=1S/C14H16N6S/c1-3-14-16-8-12(21-14)7-15-11-4-5-13(10(2)6-11)20-9-17-18-19-20/h4-6,8-9,15H,3,7H2,1-2H3. The van der Waals surface area contributed by atoms with Crippen molar-refractivity contribution in [1.29, 1.82) is 0 Å². The first-order valence-electron chi connectivity index (χ1n) is 6.77. The number of hydrogen-bond donors (Lipinski definition) is 1. The molecule has 0 radical (unpaired) electrons. The van der Waals surface area contributed by atoms with Crippen molar-refractivity contribution in [3.63, 3.8) is 0 Å². The summed E-state index contributed by atoms with van der Waals surface area (Å²) in [6.07, 6.45) is 4.53. The van der Waals surface area contributed by atoms with Crippen LogP contribution in [0.4, 0.5) is 5.69 Å². The molecule has 0 spiro atoms. The summed E-state index contributed by atoms with van der Waals surface area (Å²) in [5, 5.41) is 15.8. The Labute approximate surface area is 126 Å². The molecule has 0 saturated heterocycles. The lowest BCUT2D eigenvalue weighted by Crippen LogP contribution is -2.01. The molecule has 1 N–H and O–H groups in total. The Balaban J connectivity index is 1.70. The lowest BCUT2D eigenvalue weighted by molar-refractivity contribution is 0.785. The van der Waals surface area contributed by atoms with Gasteiger partial charge in [0.15, 0.2) is 0 Å². The molecule has 0 unspecified atom stereocenters. The van der Waals surface area contributed by atoms with Gasteiger partial charge in [-0.2, -0.15) is 0 Å². The Morgan fingerprint density at radius 1 is 1.33 bits per heavy atom. The van der Waals surface area contributed by atoms with Crippen LogP contribution in [0.15, 0.2) is 30.7 Å². The minimum absolute atomic E-state index is 0.793. The summed E-state index contributed by atoms with van der Waals surface area (Å²) < 4.78 is 1.66. The number of aryl methyl sites for hydroxylation is 2. The molecular formula is C14H16N6S. The largest absolute Gasteiger partial charge is 0.380 e. The number of rotatable bonds is 5. The Hall–Kier alpha value is -2.28. The van der Waals surface area contributed by atoms with E-state index in [-0.39, 0.29) is 0 Å². The highest BCUT2D eigenvalue weighted by molar-refractivity contribution is 7.11. The van der Waals surface area contributed by atoms with E-state index < -0.39 is 0 Å². The van der Waals surface area contributed by atoms with Crippen molar-refractivity contribution in [1.82, 2.24) is 25.2 Å². The topological polar surface area (TPSA) is 68.5 Å². The van der Waals surface area contributed by atoms with Crippen molar-refractivity contribution in [3.8, 4) is 5.69 Å². The van der Waals surface area contributed by atoms with E-state index >= 15 is 0 Å². The Morgan fingerprint density at radius 3 is 2.90 bits per heavy atom. The van der Waals surface area contributed by atoms with Gasteiger partial charge >= 0.3 is 0 Å². The summed E-state index contributed by atoms with van der Waals surface area (Å²) in [5.74, 6) is 0. The molecule has 108 valence electrons. The lowest BCUT2D eigenvalue weighted by atomic mass is 10.2. The van der Waals surface area contributed by atoms with Gasteiger partial charge in [0, 0.05) is 16.8 Å². The van der Waals surface area contributed by atoms with Crippen molar-refractivity contribution >= 4 is 17.0 Å². The first-order chi connectivity index (χ1) is 10.3. The predicted molar refractivity (Wildman–Crippen MR) is 82.7 cm³/mol. The molecular weight excluding hydrogens is 284 g/mol. The highest BCUT2D eigenvalue weighted by atomic mass is 32.1. The fraction of sp³-hybridized carbons (Fsp3) is 0.286. The van der Waals surface area contributed by atoms with Gasteiger partial charge in [-0.1, -0.05) is 6.92 Å². The lowest BCUT2D eigenvalue weighted by Gasteiger charge is -2.09. The smallest absolute Gasteiger partial charge is 0.143 e. The zero-order valence-electron chi connectivity index (χ0n) is 11.9. The van der Waals surface area contributed by atoms with Crippen LogP contribution < -0.4 is 5.32 Å². The van der Waals surface area contributed by atoms with Gasteiger partial charge in [-0.15, -0.1) is 16.4 Å².